The number of hydrogen-bond acceptors (Lipinski definition) is 6. The third-order valence-electron chi connectivity index (χ3n) is 2.59. The maximum Gasteiger partial charge on any atom is 0.272 e. The van der Waals surface area contributed by atoms with Crippen molar-refractivity contribution < 1.29 is 14.1 Å². The molecule has 0 spiro atoms. The molecule has 0 aliphatic carbocycles. The van der Waals surface area contributed by atoms with E-state index in [0.717, 1.165) is 6.07 Å². The first-order valence-corrected chi connectivity index (χ1v) is 6.20. The molecule has 110 valence electrons. The third kappa shape index (κ3) is 3.41. The van der Waals surface area contributed by atoms with Crippen LogP contribution in [0.5, 0.6) is 11.6 Å². The highest BCUT2D eigenvalue weighted by molar-refractivity contribution is 5.41. The quantitative estimate of drug-likeness (QED) is 0.672. The molecule has 2 aromatic rings. The first-order chi connectivity index (χ1) is 10.0. The first-order valence-electron chi connectivity index (χ1n) is 6.20. The van der Waals surface area contributed by atoms with Crippen molar-refractivity contribution in [2.24, 2.45) is 0 Å². The molecule has 0 saturated heterocycles. The van der Waals surface area contributed by atoms with Crippen LogP contribution in [0.1, 0.15) is 12.5 Å². The van der Waals surface area contributed by atoms with Crippen LogP contribution in [0.25, 0.3) is 0 Å². The van der Waals surface area contributed by atoms with Gasteiger partial charge in [0.15, 0.2) is 11.6 Å². The molecule has 1 aromatic heterocycles. The summed E-state index contributed by atoms with van der Waals surface area (Å²) in [7, 11) is 0. The molecule has 1 aromatic carbocycles. The van der Waals surface area contributed by atoms with E-state index in [1.54, 1.807) is 13.1 Å². The smallest absolute Gasteiger partial charge is 0.272 e. The minimum Gasteiger partial charge on any atom is -0.435 e. The zero-order chi connectivity index (χ0) is 15.4. The van der Waals surface area contributed by atoms with E-state index in [1.807, 2.05) is 6.92 Å². The summed E-state index contributed by atoms with van der Waals surface area (Å²) >= 11 is 0. The summed E-state index contributed by atoms with van der Waals surface area (Å²) < 4.78 is 19.2. The normalized spacial score (nSPS) is 10.2. The van der Waals surface area contributed by atoms with E-state index >= 15 is 0 Å². The molecular weight excluding hydrogens is 279 g/mol. The lowest BCUT2D eigenvalue weighted by atomic mass is 10.3. The van der Waals surface area contributed by atoms with Crippen LogP contribution in [-0.2, 0) is 0 Å². The average Bonchev–Trinajstić information content (AvgIpc) is 2.44. The maximum atomic E-state index is 13.8. The highest BCUT2D eigenvalue weighted by Crippen LogP contribution is 2.28. The summed E-state index contributed by atoms with van der Waals surface area (Å²) in [6.45, 7) is 4.24. The van der Waals surface area contributed by atoms with Crippen molar-refractivity contribution >= 4 is 11.6 Å². The Kier molecular flexibility index (Phi) is 4.27. The van der Waals surface area contributed by atoms with E-state index in [4.69, 9.17) is 4.74 Å². The standard InChI is InChI=1S/C13H13FN4O3/c1-3-15-13-16-7-8(2)12(17-13)21-11-5-4-9(18(19)20)6-10(11)14/h4-7H,3H2,1-2H3,(H,15,16,17). The van der Waals surface area contributed by atoms with E-state index < -0.39 is 10.7 Å². The molecule has 0 bridgehead atoms. The number of aromatic nitrogens is 2. The molecule has 0 fully saturated rings. The lowest BCUT2D eigenvalue weighted by molar-refractivity contribution is -0.385. The SMILES string of the molecule is CCNc1ncc(C)c(Oc2ccc([N+](=O)[O-])cc2F)n1. The van der Waals surface area contributed by atoms with Crippen molar-refractivity contribution in [1.29, 1.82) is 0 Å². The summed E-state index contributed by atoms with van der Waals surface area (Å²) in [5.74, 6) is -0.411. The Morgan fingerprint density at radius 1 is 1.48 bits per heavy atom. The lowest BCUT2D eigenvalue weighted by Gasteiger charge is -2.09. The molecule has 0 radical (unpaired) electrons. The molecule has 1 heterocycles. The number of rotatable bonds is 5. The fraction of sp³-hybridized carbons (Fsp3) is 0.231. The van der Waals surface area contributed by atoms with E-state index in [1.165, 1.54) is 12.1 Å². The highest BCUT2D eigenvalue weighted by atomic mass is 19.1. The van der Waals surface area contributed by atoms with E-state index in [2.05, 4.69) is 15.3 Å². The monoisotopic (exact) mass is 292 g/mol. The Morgan fingerprint density at radius 2 is 2.24 bits per heavy atom. The molecule has 0 aliphatic rings. The van der Waals surface area contributed by atoms with Crippen molar-refractivity contribution in [2.75, 3.05) is 11.9 Å². The number of nitrogens with zero attached hydrogens (tertiary/aromatic N) is 3. The number of nitro groups is 1. The van der Waals surface area contributed by atoms with Crippen molar-refractivity contribution in [3.8, 4) is 11.6 Å². The maximum absolute atomic E-state index is 13.8. The van der Waals surface area contributed by atoms with Gasteiger partial charge in [0.2, 0.25) is 11.8 Å². The Morgan fingerprint density at radius 3 is 2.86 bits per heavy atom. The fourth-order valence-electron chi connectivity index (χ4n) is 1.56. The van der Waals surface area contributed by atoms with Crippen LogP contribution in [0.15, 0.2) is 24.4 Å². The van der Waals surface area contributed by atoms with E-state index in [-0.39, 0.29) is 17.3 Å². The van der Waals surface area contributed by atoms with Gasteiger partial charge < -0.3 is 10.1 Å². The zero-order valence-electron chi connectivity index (χ0n) is 11.5. The van der Waals surface area contributed by atoms with Crippen molar-refractivity contribution in [3.05, 3.63) is 45.9 Å². The molecule has 0 unspecified atom stereocenters. The molecule has 0 saturated carbocycles. The number of anilines is 1. The van der Waals surface area contributed by atoms with Gasteiger partial charge in [-0.3, -0.25) is 10.1 Å². The van der Waals surface area contributed by atoms with Gasteiger partial charge in [-0.15, -0.1) is 0 Å². The summed E-state index contributed by atoms with van der Waals surface area (Å²) in [5.41, 5.74) is 0.280. The molecule has 0 atom stereocenters. The fourth-order valence-corrected chi connectivity index (χ4v) is 1.56. The Hall–Kier alpha value is -2.77. The topological polar surface area (TPSA) is 90.2 Å². The van der Waals surface area contributed by atoms with Crippen molar-refractivity contribution in [2.45, 2.75) is 13.8 Å². The van der Waals surface area contributed by atoms with Crippen LogP contribution < -0.4 is 10.1 Å². The summed E-state index contributed by atoms with van der Waals surface area (Å²) in [6.07, 6.45) is 1.55. The second kappa shape index (κ2) is 6.12. The van der Waals surface area contributed by atoms with Crippen LogP contribution in [0, 0.1) is 22.9 Å². The number of ether oxygens (including phenoxy) is 1. The molecular formula is C13H13FN4O3. The van der Waals surface area contributed by atoms with Gasteiger partial charge >= 0.3 is 0 Å². The van der Waals surface area contributed by atoms with Crippen LogP contribution >= 0.6 is 0 Å². The predicted molar refractivity (Wildman–Crippen MR) is 74.1 cm³/mol. The van der Waals surface area contributed by atoms with E-state index in [9.17, 15) is 14.5 Å². The minimum absolute atomic E-state index is 0.134. The second-order valence-electron chi connectivity index (χ2n) is 4.19. The Balaban J connectivity index is 2.29. The van der Waals surface area contributed by atoms with Crippen molar-refractivity contribution in [3.63, 3.8) is 0 Å². The third-order valence-corrected chi connectivity index (χ3v) is 2.59. The lowest BCUT2D eigenvalue weighted by Crippen LogP contribution is -2.04. The number of halogens is 1. The minimum atomic E-state index is -0.827. The molecule has 0 amide bonds. The van der Waals surface area contributed by atoms with Crippen LogP contribution in [0.3, 0.4) is 0 Å². The van der Waals surface area contributed by atoms with Gasteiger partial charge in [-0.25, -0.2) is 9.37 Å². The number of nitrogens with one attached hydrogen (secondary N) is 1. The van der Waals surface area contributed by atoms with E-state index in [0.29, 0.717) is 18.1 Å². The number of aryl methyl sites for hydroxylation is 1. The van der Waals surface area contributed by atoms with Gasteiger partial charge in [-0.1, -0.05) is 0 Å². The number of nitro benzene ring substituents is 1. The number of benzene rings is 1. The summed E-state index contributed by atoms with van der Waals surface area (Å²) in [4.78, 5) is 18.0. The molecule has 0 aliphatic heterocycles. The van der Waals surface area contributed by atoms with Gasteiger partial charge in [0.05, 0.1) is 11.0 Å². The average molecular weight is 292 g/mol. The second-order valence-corrected chi connectivity index (χ2v) is 4.19. The Bertz CT molecular complexity index is 678. The van der Waals surface area contributed by atoms with Gasteiger partial charge in [-0.05, 0) is 19.9 Å². The summed E-state index contributed by atoms with van der Waals surface area (Å²) in [5, 5.41) is 13.5. The summed E-state index contributed by atoms with van der Waals surface area (Å²) in [6, 6.07) is 3.17. The van der Waals surface area contributed by atoms with Crippen LogP contribution in [0.2, 0.25) is 0 Å². The Labute approximate surface area is 120 Å². The number of non-ortho nitro benzene ring substituents is 1. The molecule has 2 rings (SSSR count). The van der Waals surface area contributed by atoms with Crippen molar-refractivity contribution in [1.82, 2.24) is 9.97 Å². The number of hydrogen-bond donors (Lipinski definition) is 1. The van der Waals surface area contributed by atoms with Crippen LogP contribution in [0.4, 0.5) is 16.0 Å². The predicted octanol–water partition coefficient (Wildman–Crippen LogP) is 3.06. The largest absolute Gasteiger partial charge is 0.435 e. The van der Waals surface area contributed by atoms with Gasteiger partial charge in [0.25, 0.3) is 5.69 Å². The molecule has 7 nitrogen and oxygen atoms in total. The highest BCUT2D eigenvalue weighted by Gasteiger charge is 2.14. The first kappa shape index (κ1) is 14.6. The molecule has 21 heavy (non-hydrogen) atoms. The zero-order valence-corrected chi connectivity index (χ0v) is 11.5. The molecule has 1 N–H and O–H groups in total. The van der Waals surface area contributed by atoms with Gasteiger partial charge in [0.1, 0.15) is 0 Å². The van der Waals surface area contributed by atoms with Gasteiger partial charge in [0, 0.05) is 24.4 Å². The molecule has 8 heteroatoms. The van der Waals surface area contributed by atoms with Crippen LogP contribution in [-0.4, -0.2) is 21.4 Å². The van der Waals surface area contributed by atoms with Gasteiger partial charge in [-0.2, -0.15) is 4.98 Å².